The van der Waals surface area contributed by atoms with Gasteiger partial charge in [0.05, 0.1) is 12.6 Å². The van der Waals surface area contributed by atoms with Gasteiger partial charge in [-0.25, -0.2) is 13.8 Å². The second kappa shape index (κ2) is 9.70. The summed E-state index contributed by atoms with van der Waals surface area (Å²) in [6.07, 6.45) is 0. The lowest BCUT2D eigenvalue weighted by Crippen LogP contribution is -2.49. The van der Waals surface area contributed by atoms with E-state index in [0.717, 1.165) is 5.56 Å². The molecule has 0 aliphatic carbocycles. The molecule has 0 fully saturated rings. The van der Waals surface area contributed by atoms with Crippen LogP contribution in [0.5, 0.6) is 0 Å². The summed E-state index contributed by atoms with van der Waals surface area (Å²) in [6.45, 7) is 5.21. The minimum atomic E-state index is -0.560. The van der Waals surface area contributed by atoms with Crippen molar-refractivity contribution in [2.75, 3.05) is 11.9 Å². The fourth-order valence-corrected chi connectivity index (χ4v) is 3.62. The molecular formula is C23H27F2N5OS. The molecule has 6 nitrogen and oxygen atoms in total. The molecule has 1 aliphatic rings. The van der Waals surface area contributed by atoms with E-state index in [4.69, 9.17) is 10.7 Å². The molecule has 1 atom stereocenters. The fourth-order valence-electron chi connectivity index (χ4n) is 3.62. The Bertz CT molecular complexity index is 1080. The first kappa shape index (κ1) is 23.7. The van der Waals surface area contributed by atoms with E-state index < -0.39 is 6.04 Å². The number of anilines is 2. The molecule has 0 radical (unpaired) electrons. The third-order valence-electron chi connectivity index (χ3n) is 5.51. The normalized spacial score (nSPS) is 14.0. The van der Waals surface area contributed by atoms with Gasteiger partial charge in [0.25, 0.3) is 0 Å². The van der Waals surface area contributed by atoms with Gasteiger partial charge in [0, 0.05) is 24.3 Å². The SMILES string of the molecule is CC(C)[C@H](N)C(=O)N1CCn2c(nc(-c3ccc(F)cc3)c2Nc2ccc(F)cc2)C1.S. The van der Waals surface area contributed by atoms with Gasteiger partial charge in [0.1, 0.15) is 29.0 Å². The van der Waals surface area contributed by atoms with Crippen molar-refractivity contribution in [2.24, 2.45) is 11.7 Å². The number of benzene rings is 2. The smallest absolute Gasteiger partial charge is 0.240 e. The number of carbonyl (C=O) groups excluding carboxylic acids is 1. The Kier molecular flexibility index (Phi) is 7.20. The van der Waals surface area contributed by atoms with E-state index in [0.29, 0.717) is 42.7 Å². The molecule has 0 bridgehead atoms. The summed E-state index contributed by atoms with van der Waals surface area (Å²) < 4.78 is 28.8. The number of hydrogen-bond donors (Lipinski definition) is 2. The van der Waals surface area contributed by atoms with Crippen molar-refractivity contribution in [2.45, 2.75) is 33.0 Å². The molecule has 0 saturated heterocycles. The lowest BCUT2D eigenvalue weighted by molar-refractivity contribution is -0.135. The molecule has 170 valence electrons. The van der Waals surface area contributed by atoms with E-state index >= 15 is 0 Å². The summed E-state index contributed by atoms with van der Waals surface area (Å²) in [6, 6.07) is 11.6. The van der Waals surface area contributed by atoms with E-state index in [1.165, 1.54) is 24.3 Å². The van der Waals surface area contributed by atoms with Crippen LogP contribution in [-0.2, 0) is 17.9 Å². The standard InChI is InChI=1S/C23H25F2N5O.H2S/c1-14(2)20(26)23(31)29-11-12-30-19(13-29)28-21(15-3-5-16(24)6-4-15)22(30)27-18-9-7-17(25)8-10-18;/h3-10,14,20,27H,11-13,26H2,1-2H3;1H2/t20-;/m0./s1. The molecular weight excluding hydrogens is 432 g/mol. The number of rotatable bonds is 5. The predicted octanol–water partition coefficient (Wildman–Crippen LogP) is 4.01. The van der Waals surface area contributed by atoms with Gasteiger partial charge in [-0.15, -0.1) is 0 Å². The first-order valence-corrected chi connectivity index (χ1v) is 10.3. The number of carbonyl (C=O) groups is 1. The van der Waals surface area contributed by atoms with E-state index in [2.05, 4.69) is 5.32 Å². The molecule has 3 aromatic rings. The van der Waals surface area contributed by atoms with Crippen LogP contribution in [-0.4, -0.2) is 32.9 Å². The van der Waals surface area contributed by atoms with Gasteiger partial charge in [-0.3, -0.25) is 4.79 Å². The van der Waals surface area contributed by atoms with Gasteiger partial charge in [-0.1, -0.05) is 13.8 Å². The number of aromatic nitrogens is 2. The minimum Gasteiger partial charge on any atom is -0.340 e. The summed E-state index contributed by atoms with van der Waals surface area (Å²) in [5, 5.41) is 3.32. The van der Waals surface area contributed by atoms with E-state index in [1.54, 1.807) is 29.2 Å². The third kappa shape index (κ3) is 4.78. The van der Waals surface area contributed by atoms with E-state index in [-0.39, 0.29) is 37.0 Å². The van der Waals surface area contributed by atoms with Crippen LogP contribution in [0.1, 0.15) is 19.7 Å². The lowest BCUT2D eigenvalue weighted by Gasteiger charge is -2.31. The van der Waals surface area contributed by atoms with Gasteiger partial charge in [-0.05, 0) is 54.4 Å². The lowest BCUT2D eigenvalue weighted by atomic mass is 10.0. The fraction of sp³-hybridized carbons (Fsp3) is 0.304. The van der Waals surface area contributed by atoms with Crippen LogP contribution >= 0.6 is 13.5 Å². The molecule has 1 aromatic heterocycles. The Morgan fingerprint density at radius 3 is 2.22 bits per heavy atom. The summed E-state index contributed by atoms with van der Waals surface area (Å²) in [5.41, 5.74) is 8.15. The zero-order chi connectivity index (χ0) is 22.1. The highest BCUT2D eigenvalue weighted by molar-refractivity contribution is 7.59. The van der Waals surface area contributed by atoms with Gasteiger partial charge >= 0.3 is 0 Å². The molecule has 32 heavy (non-hydrogen) atoms. The second-order valence-electron chi connectivity index (χ2n) is 8.05. The topological polar surface area (TPSA) is 76.2 Å². The Hall–Kier alpha value is -2.91. The van der Waals surface area contributed by atoms with Crippen LogP contribution in [0.2, 0.25) is 0 Å². The number of hydrogen-bond acceptors (Lipinski definition) is 4. The molecule has 0 saturated carbocycles. The average Bonchev–Trinajstić information content (AvgIpc) is 3.12. The summed E-state index contributed by atoms with van der Waals surface area (Å²) in [4.78, 5) is 19.2. The Balaban J connectivity index is 0.00000289. The van der Waals surface area contributed by atoms with Crippen molar-refractivity contribution in [3.05, 3.63) is 66.0 Å². The summed E-state index contributed by atoms with van der Waals surface area (Å²) >= 11 is 0. The van der Waals surface area contributed by atoms with Crippen molar-refractivity contribution in [3.63, 3.8) is 0 Å². The highest BCUT2D eigenvalue weighted by Crippen LogP contribution is 2.33. The number of fused-ring (bicyclic) bond motifs is 1. The van der Waals surface area contributed by atoms with Gasteiger partial charge in [0.2, 0.25) is 5.91 Å². The van der Waals surface area contributed by atoms with Crippen LogP contribution in [0, 0.1) is 17.6 Å². The number of halogens is 2. The number of nitrogens with two attached hydrogens (primary N) is 1. The van der Waals surface area contributed by atoms with Crippen LogP contribution in [0.3, 0.4) is 0 Å². The van der Waals surface area contributed by atoms with Gasteiger partial charge in [-0.2, -0.15) is 13.5 Å². The van der Waals surface area contributed by atoms with Crippen LogP contribution in [0.4, 0.5) is 20.3 Å². The molecule has 1 amide bonds. The van der Waals surface area contributed by atoms with Crippen LogP contribution in [0.15, 0.2) is 48.5 Å². The summed E-state index contributed by atoms with van der Waals surface area (Å²) in [5.74, 6) is 0.712. The first-order chi connectivity index (χ1) is 14.8. The molecule has 2 aromatic carbocycles. The highest BCUT2D eigenvalue weighted by Gasteiger charge is 2.30. The highest BCUT2D eigenvalue weighted by atomic mass is 32.1. The molecule has 1 aliphatic heterocycles. The Labute approximate surface area is 192 Å². The molecule has 0 spiro atoms. The maximum absolute atomic E-state index is 13.5. The molecule has 2 heterocycles. The predicted molar refractivity (Wildman–Crippen MR) is 126 cm³/mol. The maximum atomic E-state index is 13.5. The number of amides is 1. The quantitative estimate of drug-likeness (QED) is 0.605. The van der Waals surface area contributed by atoms with Gasteiger partial charge in [0.15, 0.2) is 0 Å². The van der Waals surface area contributed by atoms with Crippen molar-refractivity contribution in [1.29, 1.82) is 0 Å². The number of nitrogens with one attached hydrogen (secondary N) is 1. The third-order valence-corrected chi connectivity index (χ3v) is 5.51. The average molecular weight is 460 g/mol. The van der Waals surface area contributed by atoms with Gasteiger partial charge < -0.3 is 20.5 Å². The zero-order valence-electron chi connectivity index (χ0n) is 18.0. The Morgan fingerprint density at radius 2 is 1.62 bits per heavy atom. The maximum Gasteiger partial charge on any atom is 0.240 e. The second-order valence-corrected chi connectivity index (χ2v) is 8.05. The minimum absolute atomic E-state index is 0. The van der Waals surface area contributed by atoms with Crippen molar-refractivity contribution < 1.29 is 13.6 Å². The molecule has 4 rings (SSSR count). The van der Waals surface area contributed by atoms with Crippen LogP contribution < -0.4 is 11.1 Å². The van der Waals surface area contributed by atoms with Crippen LogP contribution in [0.25, 0.3) is 11.3 Å². The molecule has 9 heteroatoms. The van der Waals surface area contributed by atoms with Crippen molar-refractivity contribution >= 4 is 30.9 Å². The van der Waals surface area contributed by atoms with E-state index in [9.17, 15) is 13.6 Å². The number of nitrogens with zero attached hydrogens (tertiary/aromatic N) is 3. The monoisotopic (exact) mass is 459 g/mol. The van der Waals surface area contributed by atoms with Crippen molar-refractivity contribution in [1.82, 2.24) is 14.5 Å². The van der Waals surface area contributed by atoms with Crippen molar-refractivity contribution in [3.8, 4) is 11.3 Å². The number of imidazole rings is 1. The first-order valence-electron chi connectivity index (χ1n) is 10.3. The molecule has 0 unspecified atom stereocenters. The van der Waals surface area contributed by atoms with E-state index in [1.807, 2.05) is 18.4 Å². The zero-order valence-corrected chi connectivity index (χ0v) is 19.0. The molecule has 3 N–H and O–H groups in total. The Morgan fingerprint density at radius 1 is 1.03 bits per heavy atom. The largest absolute Gasteiger partial charge is 0.340 e. The summed E-state index contributed by atoms with van der Waals surface area (Å²) in [7, 11) is 0.